The molecular weight excluding hydrogens is 767 g/mol. The van der Waals surface area contributed by atoms with Crippen molar-refractivity contribution in [1.29, 1.82) is 0 Å². The number of nitrogens with one attached hydrogen (secondary N) is 1. The predicted octanol–water partition coefficient (Wildman–Crippen LogP) is 16.7. The molecule has 3 N–H and O–H groups in total. The van der Waals surface area contributed by atoms with Gasteiger partial charge in [-0.1, -0.05) is 250 Å². The minimum absolute atomic E-state index is 0.0383. The summed E-state index contributed by atoms with van der Waals surface area (Å²) >= 11 is 0. The van der Waals surface area contributed by atoms with Crippen LogP contribution >= 0.6 is 0 Å². The number of carbonyl (C=O) groups is 2. The van der Waals surface area contributed by atoms with E-state index in [4.69, 9.17) is 4.74 Å². The molecule has 0 aliphatic rings. The maximum Gasteiger partial charge on any atom is 0.305 e. The number of unbranched alkanes of at least 4 members (excludes halogenated alkanes) is 38. The maximum absolute atomic E-state index is 12.5. The highest BCUT2D eigenvalue weighted by Gasteiger charge is 2.18. The SMILES string of the molecule is CCCCCCCCCCCCCCCCCCCCCCCC/C=C/C(O)C(CO)NC(=O)CCCCCC/C=C\CCCCOC(=O)CCCCCCCCCCCCC. The summed E-state index contributed by atoms with van der Waals surface area (Å²) in [4.78, 5) is 24.4. The van der Waals surface area contributed by atoms with Crippen LogP contribution in [0.2, 0.25) is 0 Å². The third kappa shape index (κ3) is 47.8. The first kappa shape index (κ1) is 60.3. The molecule has 0 aromatic carbocycles. The fourth-order valence-electron chi connectivity index (χ4n) is 8.45. The van der Waals surface area contributed by atoms with Crippen LogP contribution in [0.4, 0.5) is 0 Å². The van der Waals surface area contributed by atoms with Gasteiger partial charge in [-0.05, 0) is 57.8 Å². The molecule has 0 bridgehead atoms. The third-order valence-electron chi connectivity index (χ3n) is 12.7. The Hall–Kier alpha value is -1.66. The summed E-state index contributed by atoms with van der Waals surface area (Å²) in [5.41, 5.74) is 0. The van der Waals surface area contributed by atoms with Crippen LogP contribution in [0.3, 0.4) is 0 Å². The van der Waals surface area contributed by atoms with E-state index in [9.17, 15) is 19.8 Å². The van der Waals surface area contributed by atoms with Gasteiger partial charge in [-0.3, -0.25) is 9.59 Å². The lowest BCUT2D eigenvalue weighted by molar-refractivity contribution is -0.143. The van der Waals surface area contributed by atoms with E-state index in [0.717, 1.165) is 77.0 Å². The molecule has 6 nitrogen and oxygen atoms in total. The van der Waals surface area contributed by atoms with Gasteiger partial charge in [0.05, 0.1) is 25.4 Å². The van der Waals surface area contributed by atoms with E-state index < -0.39 is 12.1 Å². The number of hydrogen-bond donors (Lipinski definition) is 3. The molecule has 0 aliphatic heterocycles. The average Bonchev–Trinajstić information content (AvgIpc) is 3.27. The number of ether oxygens (including phenoxy) is 1. The van der Waals surface area contributed by atoms with E-state index in [0.29, 0.717) is 19.4 Å². The van der Waals surface area contributed by atoms with Crippen LogP contribution in [0.5, 0.6) is 0 Å². The Bertz CT molecular complexity index is 966. The van der Waals surface area contributed by atoms with Gasteiger partial charge in [0, 0.05) is 12.8 Å². The molecule has 0 fully saturated rings. The van der Waals surface area contributed by atoms with Crippen LogP contribution in [-0.4, -0.2) is 47.4 Å². The average molecular weight is 874 g/mol. The molecule has 0 spiro atoms. The van der Waals surface area contributed by atoms with E-state index in [-0.39, 0.29) is 18.5 Å². The van der Waals surface area contributed by atoms with Crippen LogP contribution in [0, 0.1) is 0 Å². The monoisotopic (exact) mass is 874 g/mol. The zero-order valence-corrected chi connectivity index (χ0v) is 41.6. The van der Waals surface area contributed by atoms with Crippen LogP contribution < -0.4 is 5.32 Å². The number of allylic oxidation sites excluding steroid dienone is 3. The summed E-state index contributed by atoms with van der Waals surface area (Å²) in [6, 6.07) is -0.653. The Balaban J connectivity index is 3.55. The van der Waals surface area contributed by atoms with Crippen molar-refractivity contribution >= 4 is 11.9 Å². The van der Waals surface area contributed by atoms with Crippen LogP contribution in [0.15, 0.2) is 24.3 Å². The minimum atomic E-state index is -0.866. The Morgan fingerprint density at radius 3 is 1.15 bits per heavy atom. The van der Waals surface area contributed by atoms with Gasteiger partial charge in [-0.15, -0.1) is 0 Å². The van der Waals surface area contributed by atoms with Crippen molar-refractivity contribution in [2.45, 2.75) is 309 Å². The summed E-state index contributed by atoms with van der Waals surface area (Å²) in [5, 5.41) is 23.1. The highest BCUT2D eigenvalue weighted by Crippen LogP contribution is 2.17. The molecule has 0 rings (SSSR count). The van der Waals surface area contributed by atoms with Gasteiger partial charge in [0.25, 0.3) is 0 Å². The summed E-state index contributed by atoms with van der Waals surface area (Å²) in [6.07, 6.45) is 62.0. The summed E-state index contributed by atoms with van der Waals surface area (Å²) in [5.74, 6) is -0.139. The number of esters is 1. The van der Waals surface area contributed by atoms with Gasteiger partial charge in [0.15, 0.2) is 0 Å². The maximum atomic E-state index is 12.5. The first-order chi connectivity index (χ1) is 30.5. The molecule has 0 aliphatic carbocycles. The largest absolute Gasteiger partial charge is 0.466 e. The Kier molecular flexibility index (Phi) is 50.6. The van der Waals surface area contributed by atoms with E-state index in [1.165, 1.54) is 193 Å². The number of carbonyl (C=O) groups excluding carboxylic acids is 2. The first-order valence-electron chi connectivity index (χ1n) is 27.6. The lowest BCUT2D eigenvalue weighted by Gasteiger charge is -2.20. The number of aliphatic hydroxyl groups is 2. The highest BCUT2D eigenvalue weighted by atomic mass is 16.5. The molecule has 1 amide bonds. The van der Waals surface area contributed by atoms with Gasteiger partial charge in [-0.25, -0.2) is 0 Å². The zero-order valence-electron chi connectivity index (χ0n) is 41.6. The second-order valence-electron chi connectivity index (χ2n) is 18.9. The zero-order chi connectivity index (χ0) is 45.1. The molecule has 366 valence electrons. The van der Waals surface area contributed by atoms with Crippen molar-refractivity contribution in [2.24, 2.45) is 0 Å². The fourth-order valence-corrected chi connectivity index (χ4v) is 8.45. The summed E-state index contributed by atoms with van der Waals surface area (Å²) in [6.45, 7) is 4.82. The molecule has 6 heteroatoms. The molecule has 0 aromatic rings. The topological polar surface area (TPSA) is 95.9 Å². The molecule has 0 heterocycles. The lowest BCUT2D eigenvalue weighted by Crippen LogP contribution is -2.45. The van der Waals surface area contributed by atoms with Gasteiger partial charge in [-0.2, -0.15) is 0 Å². The fraction of sp³-hybridized carbons (Fsp3) is 0.893. The number of amides is 1. The normalized spacial score (nSPS) is 12.8. The van der Waals surface area contributed by atoms with Crippen LogP contribution in [0.1, 0.15) is 296 Å². The Morgan fingerprint density at radius 1 is 0.435 bits per heavy atom. The second-order valence-corrected chi connectivity index (χ2v) is 18.9. The van der Waals surface area contributed by atoms with Crippen LogP contribution in [-0.2, 0) is 14.3 Å². The van der Waals surface area contributed by atoms with Crippen molar-refractivity contribution in [1.82, 2.24) is 5.32 Å². The first-order valence-corrected chi connectivity index (χ1v) is 27.6. The molecule has 62 heavy (non-hydrogen) atoms. The van der Waals surface area contributed by atoms with Crippen molar-refractivity contribution < 1.29 is 24.5 Å². The lowest BCUT2D eigenvalue weighted by atomic mass is 10.0. The molecular formula is C56H107NO5. The molecule has 0 saturated carbocycles. The Morgan fingerprint density at radius 2 is 0.758 bits per heavy atom. The molecule has 2 atom stereocenters. The predicted molar refractivity (Wildman–Crippen MR) is 269 cm³/mol. The van der Waals surface area contributed by atoms with Gasteiger partial charge >= 0.3 is 5.97 Å². The number of aliphatic hydroxyl groups excluding tert-OH is 2. The van der Waals surface area contributed by atoms with Crippen molar-refractivity contribution in [2.75, 3.05) is 13.2 Å². The molecule has 2 unspecified atom stereocenters. The van der Waals surface area contributed by atoms with Crippen LogP contribution in [0.25, 0.3) is 0 Å². The van der Waals surface area contributed by atoms with Gasteiger partial charge in [0.2, 0.25) is 5.91 Å². The van der Waals surface area contributed by atoms with Gasteiger partial charge < -0.3 is 20.3 Å². The smallest absolute Gasteiger partial charge is 0.305 e. The molecule has 0 radical (unpaired) electrons. The van der Waals surface area contributed by atoms with E-state index >= 15 is 0 Å². The molecule has 0 saturated heterocycles. The Labute approximate surface area is 386 Å². The summed E-state index contributed by atoms with van der Waals surface area (Å²) < 4.78 is 5.42. The summed E-state index contributed by atoms with van der Waals surface area (Å²) in [7, 11) is 0. The minimum Gasteiger partial charge on any atom is -0.466 e. The quantitative estimate of drug-likeness (QED) is 0.0321. The van der Waals surface area contributed by atoms with Gasteiger partial charge in [0.1, 0.15) is 0 Å². The van der Waals surface area contributed by atoms with E-state index in [1.54, 1.807) is 6.08 Å². The van der Waals surface area contributed by atoms with Crippen molar-refractivity contribution in [3.05, 3.63) is 24.3 Å². The van der Waals surface area contributed by atoms with E-state index in [1.807, 2.05) is 6.08 Å². The highest BCUT2D eigenvalue weighted by molar-refractivity contribution is 5.76. The molecule has 0 aromatic heterocycles. The number of rotatable bonds is 51. The standard InChI is InChI=1S/C56H107NO5/c1-3-5-7-9-11-13-15-16-17-18-19-20-21-22-23-24-25-26-27-29-32-36-40-44-48-54(59)53(52-58)57-55(60)49-45-41-37-33-30-31-35-39-43-47-51-62-56(61)50-46-42-38-34-28-14-12-10-8-6-4-2/h31,35,44,48,53-54,58-59H,3-30,32-34,36-43,45-47,49-52H2,1-2H3,(H,57,60)/b35-31-,48-44+. The third-order valence-corrected chi connectivity index (χ3v) is 12.7. The van der Waals surface area contributed by atoms with Crippen molar-refractivity contribution in [3.8, 4) is 0 Å². The number of hydrogen-bond acceptors (Lipinski definition) is 5. The van der Waals surface area contributed by atoms with E-state index in [2.05, 4.69) is 31.3 Å². The van der Waals surface area contributed by atoms with Crippen molar-refractivity contribution in [3.63, 3.8) is 0 Å². The second kappa shape index (κ2) is 52.0.